The van der Waals surface area contributed by atoms with Gasteiger partial charge in [-0.05, 0) is 31.2 Å². The number of nitrogens with zero attached hydrogens (tertiary/aromatic N) is 5. The number of para-hydroxylation sites is 3. The van der Waals surface area contributed by atoms with Crippen molar-refractivity contribution < 1.29 is 9.59 Å². The molecule has 1 atom stereocenters. The summed E-state index contributed by atoms with van der Waals surface area (Å²) in [7, 11) is 0. The van der Waals surface area contributed by atoms with Gasteiger partial charge in [-0.15, -0.1) is 0 Å². The summed E-state index contributed by atoms with van der Waals surface area (Å²) in [5.74, 6) is -0.0115. The normalized spacial score (nSPS) is 15.8. The molecule has 1 aliphatic rings. The van der Waals surface area contributed by atoms with E-state index >= 15 is 0 Å². The fourth-order valence-electron chi connectivity index (χ4n) is 3.86. The Labute approximate surface area is 188 Å². The van der Waals surface area contributed by atoms with Crippen LogP contribution < -0.4 is 10.2 Å². The van der Waals surface area contributed by atoms with Crippen molar-refractivity contribution in [2.45, 2.75) is 24.4 Å². The van der Waals surface area contributed by atoms with E-state index in [2.05, 4.69) is 20.4 Å². The minimum Gasteiger partial charge on any atom is -0.324 e. The Kier molecular flexibility index (Phi) is 5.32. The van der Waals surface area contributed by atoms with Gasteiger partial charge in [-0.2, -0.15) is 5.10 Å². The predicted octanol–water partition coefficient (Wildman–Crippen LogP) is 3.67. The Bertz CT molecular complexity index is 1310. The summed E-state index contributed by atoms with van der Waals surface area (Å²) in [6.45, 7) is 1.89. The van der Waals surface area contributed by atoms with E-state index in [1.165, 1.54) is 18.1 Å². The van der Waals surface area contributed by atoms with Crippen molar-refractivity contribution in [1.82, 2.24) is 19.7 Å². The number of hydrogen-bond acceptors (Lipinski definition) is 6. The van der Waals surface area contributed by atoms with E-state index < -0.39 is 0 Å². The summed E-state index contributed by atoms with van der Waals surface area (Å²) in [5.41, 5.74) is 2.94. The average Bonchev–Trinajstić information content (AvgIpc) is 3.19. The molecule has 0 saturated heterocycles. The Morgan fingerprint density at radius 1 is 1.12 bits per heavy atom. The first-order valence-corrected chi connectivity index (χ1v) is 11.2. The minimum absolute atomic E-state index is 0.0892. The highest BCUT2D eigenvalue weighted by Gasteiger charge is 2.29. The summed E-state index contributed by atoms with van der Waals surface area (Å²) in [4.78, 5) is 35.9. The number of nitrogens with one attached hydrogen (secondary N) is 1. The van der Waals surface area contributed by atoms with Gasteiger partial charge in [0, 0.05) is 12.5 Å². The Hall–Kier alpha value is -3.72. The summed E-state index contributed by atoms with van der Waals surface area (Å²) >= 11 is 1.34. The van der Waals surface area contributed by atoms with Crippen LogP contribution >= 0.6 is 11.8 Å². The zero-order chi connectivity index (χ0) is 22.1. The molecule has 0 bridgehead atoms. The topological polar surface area (TPSA) is 93.0 Å². The molecule has 2 aromatic heterocycles. The lowest BCUT2D eigenvalue weighted by atomic mass is 10.2. The highest BCUT2D eigenvalue weighted by molar-refractivity contribution is 8.00. The van der Waals surface area contributed by atoms with Crippen LogP contribution in [-0.4, -0.2) is 43.4 Å². The number of thioether (sulfide) groups is 1. The summed E-state index contributed by atoms with van der Waals surface area (Å²) < 4.78 is 1.76. The molecule has 8 nitrogen and oxygen atoms in total. The molecular formula is C23H20N6O2S. The SMILES string of the molecule is C[C@@H]1CC(=O)Nc2ccccc2N1C(=O)CSc1ncnc2c1cnn2-c1ccccc1. The molecule has 5 rings (SSSR count). The maximum absolute atomic E-state index is 13.3. The number of aromatic nitrogens is 4. The van der Waals surface area contributed by atoms with E-state index in [9.17, 15) is 9.59 Å². The first kappa shape index (κ1) is 20.2. The molecule has 2 amide bonds. The molecule has 0 spiro atoms. The molecule has 0 fully saturated rings. The smallest absolute Gasteiger partial charge is 0.237 e. The van der Waals surface area contributed by atoms with Crippen LogP contribution in [-0.2, 0) is 9.59 Å². The van der Waals surface area contributed by atoms with Crippen LogP contribution in [0.5, 0.6) is 0 Å². The number of benzene rings is 2. The van der Waals surface area contributed by atoms with Crippen molar-refractivity contribution in [2.24, 2.45) is 0 Å². The van der Waals surface area contributed by atoms with Crippen LogP contribution in [0.15, 0.2) is 72.1 Å². The van der Waals surface area contributed by atoms with E-state index in [0.717, 1.165) is 11.1 Å². The van der Waals surface area contributed by atoms with Crippen molar-refractivity contribution in [2.75, 3.05) is 16.0 Å². The predicted molar refractivity (Wildman–Crippen MR) is 124 cm³/mol. The van der Waals surface area contributed by atoms with Crippen LogP contribution in [0.3, 0.4) is 0 Å². The molecule has 3 heterocycles. The molecule has 1 aliphatic heterocycles. The third-order valence-corrected chi connectivity index (χ3v) is 6.28. The number of carbonyl (C=O) groups excluding carboxylic acids is 2. The first-order chi connectivity index (χ1) is 15.6. The molecule has 0 aliphatic carbocycles. The largest absolute Gasteiger partial charge is 0.324 e. The third kappa shape index (κ3) is 3.71. The van der Waals surface area contributed by atoms with Crippen LogP contribution in [0.1, 0.15) is 13.3 Å². The second-order valence-electron chi connectivity index (χ2n) is 7.48. The van der Waals surface area contributed by atoms with Crippen LogP contribution in [0.4, 0.5) is 11.4 Å². The van der Waals surface area contributed by atoms with E-state index in [1.54, 1.807) is 15.8 Å². The molecule has 9 heteroatoms. The lowest BCUT2D eigenvalue weighted by molar-refractivity contribution is -0.117. The van der Waals surface area contributed by atoms with Gasteiger partial charge in [0.15, 0.2) is 5.65 Å². The fourth-order valence-corrected chi connectivity index (χ4v) is 4.68. The van der Waals surface area contributed by atoms with E-state index in [0.29, 0.717) is 22.0 Å². The van der Waals surface area contributed by atoms with Gasteiger partial charge in [-0.3, -0.25) is 9.59 Å². The lowest BCUT2D eigenvalue weighted by Crippen LogP contribution is -2.40. The van der Waals surface area contributed by atoms with Gasteiger partial charge in [0.05, 0.1) is 34.4 Å². The number of amides is 2. The molecule has 32 heavy (non-hydrogen) atoms. The van der Waals surface area contributed by atoms with Crippen molar-refractivity contribution >= 4 is 46.0 Å². The maximum Gasteiger partial charge on any atom is 0.237 e. The Morgan fingerprint density at radius 3 is 2.75 bits per heavy atom. The van der Waals surface area contributed by atoms with E-state index in [4.69, 9.17) is 0 Å². The van der Waals surface area contributed by atoms with Gasteiger partial charge in [0.2, 0.25) is 11.8 Å². The highest BCUT2D eigenvalue weighted by Crippen LogP contribution is 2.33. The molecule has 1 N–H and O–H groups in total. The van der Waals surface area contributed by atoms with Gasteiger partial charge in [-0.25, -0.2) is 14.6 Å². The quantitative estimate of drug-likeness (QED) is 0.381. The number of rotatable bonds is 4. The summed E-state index contributed by atoms with van der Waals surface area (Å²) in [6.07, 6.45) is 3.46. The lowest BCUT2D eigenvalue weighted by Gasteiger charge is -2.27. The average molecular weight is 445 g/mol. The number of carbonyl (C=O) groups is 2. The van der Waals surface area contributed by atoms with Crippen molar-refractivity contribution in [3.8, 4) is 5.69 Å². The Balaban J connectivity index is 1.41. The molecule has 0 radical (unpaired) electrons. The zero-order valence-electron chi connectivity index (χ0n) is 17.3. The molecule has 160 valence electrons. The van der Waals surface area contributed by atoms with E-state index in [-0.39, 0.29) is 30.0 Å². The number of anilines is 2. The van der Waals surface area contributed by atoms with Crippen molar-refractivity contribution in [1.29, 1.82) is 0 Å². The number of hydrogen-bond donors (Lipinski definition) is 1. The standard InChI is InChI=1S/C23H20N6O2S/c1-15-11-20(30)27-18-9-5-6-10-19(18)28(15)21(31)13-32-23-17-12-26-29(22(17)24-14-25-23)16-7-3-2-4-8-16/h2-10,12,14-15H,11,13H2,1H3,(H,27,30)/t15-/m1/s1. The molecule has 4 aromatic rings. The maximum atomic E-state index is 13.3. The first-order valence-electron chi connectivity index (χ1n) is 10.2. The Morgan fingerprint density at radius 2 is 1.91 bits per heavy atom. The second-order valence-corrected chi connectivity index (χ2v) is 8.44. The van der Waals surface area contributed by atoms with Crippen molar-refractivity contribution in [3.63, 3.8) is 0 Å². The van der Waals surface area contributed by atoms with E-state index in [1.807, 2.05) is 61.5 Å². The molecular weight excluding hydrogens is 424 g/mol. The van der Waals surface area contributed by atoms with Gasteiger partial charge < -0.3 is 10.2 Å². The minimum atomic E-state index is -0.252. The second kappa shape index (κ2) is 8.43. The van der Waals surface area contributed by atoms with Gasteiger partial charge in [0.1, 0.15) is 11.4 Å². The summed E-state index contributed by atoms with van der Waals surface area (Å²) in [6, 6.07) is 16.9. The molecule has 2 aromatic carbocycles. The zero-order valence-corrected chi connectivity index (χ0v) is 18.1. The third-order valence-electron chi connectivity index (χ3n) is 5.29. The van der Waals surface area contributed by atoms with Crippen LogP contribution in [0, 0.1) is 0 Å². The van der Waals surface area contributed by atoms with Gasteiger partial charge >= 0.3 is 0 Å². The van der Waals surface area contributed by atoms with Gasteiger partial charge in [-0.1, -0.05) is 42.1 Å². The van der Waals surface area contributed by atoms with Gasteiger partial charge in [0.25, 0.3) is 0 Å². The summed E-state index contributed by atoms with van der Waals surface area (Å²) in [5, 5.41) is 8.83. The van der Waals surface area contributed by atoms with Crippen LogP contribution in [0.25, 0.3) is 16.7 Å². The highest BCUT2D eigenvalue weighted by atomic mass is 32.2. The fraction of sp³-hybridized carbons (Fsp3) is 0.174. The molecule has 0 unspecified atom stereocenters. The molecule has 0 saturated carbocycles. The monoisotopic (exact) mass is 444 g/mol. The van der Waals surface area contributed by atoms with Crippen molar-refractivity contribution in [3.05, 3.63) is 67.1 Å². The van der Waals surface area contributed by atoms with Crippen LogP contribution in [0.2, 0.25) is 0 Å². The number of fused-ring (bicyclic) bond motifs is 2.